The summed E-state index contributed by atoms with van der Waals surface area (Å²) in [5.74, 6) is -4.69. The smallest absolute Gasteiger partial charge is 0.428 e. The van der Waals surface area contributed by atoms with Crippen LogP contribution in [0, 0.1) is 23.5 Å². The highest BCUT2D eigenvalue weighted by Gasteiger charge is 2.45. The standard InChI is InChI=1S/C33H28F9NO2/c1-19(2)21-8-11-23(12-9-21)31(18-20-6-4-3-5-7-20,24-15-25(34)17-26(16-24)45-33(41,42)30(36)37)43-29(44)22-10-13-28(35)27(14-22)32(38,39)40/h3-8,10-17,19,21,30H,9,18H2,1-2H3,(H,43,44)/t21?,31-/m1/s1. The van der Waals surface area contributed by atoms with Crippen molar-refractivity contribution in [2.45, 2.75) is 50.9 Å². The van der Waals surface area contributed by atoms with Crippen LogP contribution in [-0.4, -0.2) is 18.4 Å². The van der Waals surface area contributed by atoms with Gasteiger partial charge in [0.1, 0.15) is 17.4 Å². The van der Waals surface area contributed by atoms with E-state index in [0.717, 1.165) is 18.2 Å². The van der Waals surface area contributed by atoms with Crippen LogP contribution in [0.3, 0.4) is 0 Å². The Morgan fingerprint density at radius 3 is 2.22 bits per heavy atom. The van der Waals surface area contributed by atoms with Crippen molar-refractivity contribution in [3.05, 3.63) is 124 Å². The second kappa shape index (κ2) is 13.0. The molecule has 0 fully saturated rings. The molecule has 1 aliphatic carbocycles. The third kappa shape index (κ3) is 7.72. The Labute approximate surface area is 253 Å². The van der Waals surface area contributed by atoms with E-state index in [1.54, 1.807) is 42.5 Å². The number of nitrogens with one attached hydrogen (secondary N) is 1. The molecule has 1 unspecified atom stereocenters. The molecule has 0 aliphatic heterocycles. The highest BCUT2D eigenvalue weighted by atomic mass is 19.4. The topological polar surface area (TPSA) is 38.3 Å². The van der Waals surface area contributed by atoms with E-state index in [1.165, 1.54) is 0 Å². The third-order valence-corrected chi connectivity index (χ3v) is 7.53. The molecule has 2 atom stereocenters. The molecule has 1 amide bonds. The van der Waals surface area contributed by atoms with Gasteiger partial charge in [0.05, 0.1) is 11.1 Å². The van der Waals surface area contributed by atoms with Crippen molar-refractivity contribution in [3.8, 4) is 5.75 Å². The van der Waals surface area contributed by atoms with Crippen LogP contribution in [0.15, 0.2) is 90.5 Å². The Bertz CT molecular complexity index is 1580. The summed E-state index contributed by atoms with van der Waals surface area (Å²) in [6.07, 6.45) is -8.97. The molecule has 240 valence electrons. The quantitative estimate of drug-likeness (QED) is 0.224. The van der Waals surface area contributed by atoms with Gasteiger partial charge >= 0.3 is 18.7 Å². The molecule has 12 heteroatoms. The molecule has 0 aromatic heterocycles. The lowest BCUT2D eigenvalue weighted by atomic mass is 9.73. The molecule has 0 bridgehead atoms. The van der Waals surface area contributed by atoms with Gasteiger partial charge in [0, 0.05) is 18.1 Å². The molecule has 0 spiro atoms. The van der Waals surface area contributed by atoms with Crippen LogP contribution >= 0.6 is 0 Å². The van der Waals surface area contributed by atoms with Gasteiger partial charge in [-0.15, -0.1) is 0 Å². The Morgan fingerprint density at radius 1 is 0.956 bits per heavy atom. The van der Waals surface area contributed by atoms with E-state index in [1.807, 2.05) is 19.9 Å². The SMILES string of the molecule is CC(C)C1C=CC([C@@](Cc2ccccc2)(NC(=O)c2ccc(F)c(C(F)(F)F)c2)c2cc(F)cc(OC(F)(F)C(F)F)c2)=CC1. The van der Waals surface area contributed by atoms with Gasteiger partial charge in [-0.05, 0) is 65.3 Å². The van der Waals surface area contributed by atoms with E-state index >= 15 is 4.39 Å². The zero-order valence-electron chi connectivity index (χ0n) is 23.9. The zero-order chi connectivity index (χ0) is 33.2. The summed E-state index contributed by atoms with van der Waals surface area (Å²) >= 11 is 0. The fraction of sp³-hybridized carbons (Fsp3) is 0.303. The first-order valence-corrected chi connectivity index (χ1v) is 13.8. The summed E-state index contributed by atoms with van der Waals surface area (Å²) in [5, 5.41) is 2.66. The van der Waals surface area contributed by atoms with Crippen molar-refractivity contribution >= 4 is 5.91 Å². The number of amides is 1. The van der Waals surface area contributed by atoms with E-state index in [4.69, 9.17) is 0 Å². The third-order valence-electron chi connectivity index (χ3n) is 7.53. The maximum Gasteiger partial charge on any atom is 0.461 e. The van der Waals surface area contributed by atoms with Gasteiger partial charge in [-0.1, -0.05) is 62.4 Å². The first-order chi connectivity index (χ1) is 21.0. The van der Waals surface area contributed by atoms with Crippen LogP contribution in [0.4, 0.5) is 39.5 Å². The van der Waals surface area contributed by atoms with Crippen LogP contribution in [0.5, 0.6) is 5.75 Å². The predicted molar refractivity (Wildman–Crippen MR) is 149 cm³/mol. The molecular weight excluding hydrogens is 613 g/mol. The molecule has 45 heavy (non-hydrogen) atoms. The van der Waals surface area contributed by atoms with Gasteiger partial charge in [0.2, 0.25) is 0 Å². The number of halogens is 9. The first kappa shape index (κ1) is 33.7. The Kier molecular flexibility index (Phi) is 9.74. The van der Waals surface area contributed by atoms with E-state index in [-0.39, 0.29) is 23.8 Å². The predicted octanol–water partition coefficient (Wildman–Crippen LogP) is 9.25. The summed E-state index contributed by atoms with van der Waals surface area (Å²) in [6.45, 7) is 3.94. The van der Waals surface area contributed by atoms with Crippen molar-refractivity contribution in [3.63, 3.8) is 0 Å². The number of rotatable bonds is 10. The molecule has 0 saturated heterocycles. The van der Waals surface area contributed by atoms with Crippen LogP contribution in [0.2, 0.25) is 0 Å². The Balaban J connectivity index is 1.94. The summed E-state index contributed by atoms with van der Waals surface area (Å²) in [6, 6.07) is 12.1. The monoisotopic (exact) mass is 641 g/mol. The van der Waals surface area contributed by atoms with Crippen molar-refractivity contribution in [1.82, 2.24) is 5.32 Å². The lowest BCUT2D eigenvalue weighted by molar-refractivity contribution is -0.253. The molecule has 0 radical (unpaired) electrons. The molecule has 4 rings (SSSR count). The minimum atomic E-state index is -5.13. The Hall–Kier alpha value is -4.22. The fourth-order valence-corrected chi connectivity index (χ4v) is 5.13. The summed E-state index contributed by atoms with van der Waals surface area (Å²) in [4.78, 5) is 13.7. The zero-order valence-corrected chi connectivity index (χ0v) is 23.9. The molecule has 1 aliphatic rings. The number of ether oxygens (including phenoxy) is 1. The normalized spacial score (nSPS) is 16.8. The molecule has 3 aromatic carbocycles. The number of alkyl halides is 7. The van der Waals surface area contributed by atoms with Gasteiger partial charge in [-0.2, -0.15) is 30.7 Å². The number of hydrogen-bond donors (Lipinski definition) is 1. The van der Waals surface area contributed by atoms with Gasteiger partial charge in [0.25, 0.3) is 5.91 Å². The number of carbonyl (C=O) groups excluding carboxylic acids is 1. The van der Waals surface area contributed by atoms with Crippen LogP contribution in [0.25, 0.3) is 0 Å². The highest BCUT2D eigenvalue weighted by Crippen LogP contribution is 2.41. The number of benzene rings is 3. The van der Waals surface area contributed by atoms with Gasteiger partial charge in [-0.25, -0.2) is 8.78 Å². The van der Waals surface area contributed by atoms with Crippen molar-refractivity contribution in [1.29, 1.82) is 0 Å². The Morgan fingerprint density at radius 2 is 1.64 bits per heavy atom. The van der Waals surface area contributed by atoms with Gasteiger partial charge in [-0.3, -0.25) is 4.79 Å². The molecule has 1 N–H and O–H groups in total. The van der Waals surface area contributed by atoms with Crippen LogP contribution in [-0.2, 0) is 18.1 Å². The van der Waals surface area contributed by atoms with Crippen LogP contribution < -0.4 is 10.1 Å². The van der Waals surface area contributed by atoms with Crippen molar-refractivity contribution in [2.75, 3.05) is 0 Å². The average Bonchev–Trinajstić information content (AvgIpc) is 2.96. The number of hydrogen-bond acceptors (Lipinski definition) is 2. The molecule has 0 heterocycles. The fourth-order valence-electron chi connectivity index (χ4n) is 5.13. The average molecular weight is 642 g/mol. The second-order valence-electron chi connectivity index (χ2n) is 11.0. The highest BCUT2D eigenvalue weighted by molar-refractivity contribution is 5.95. The molecule has 3 aromatic rings. The summed E-state index contributed by atoms with van der Waals surface area (Å²) < 4.78 is 128. The first-order valence-electron chi connectivity index (χ1n) is 13.8. The molecule has 3 nitrogen and oxygen atoms in total. The largest absolute Gasteiger partial charge is 0.461 e. The van der Waals surface area contributed by atoms with Crippen LogP contribution in [0.1, 0.15) is 47.3 Å². The second-order valence-corrected chi connectivity index (χ2v) is 11.0. The van der Waals surface area contributed by atoms with E-state index < -0.39 is 58.7 Å². The van der Waals surface area contributed by atoms with E-state index in [0.29, 0.717) is 35.8 Å². The maximum absolute atomic E-state index is 15.1. The lowest BCUT2D eigenvalue weighted by Gasteiger charge is -2.39. The number of carbonyl (C=O) groups is 1. The van der Waals surface area contributed by atoms with E-state index in [2.05, 4.69) is 10.1 Å². The van der Waals surface area contributed by atoms with Gasteiger partial charge in [0.15, 0.2) is 0 Å². The number of allylic oxidation sites excluding steroid dienone is 2. The van der Waals surface area contributed by atoms with E-state index in [9.17, 15) is 39.9 Å². The van der Waals surface area contributed by atoms with Gasteiger partial charge < -0.3 is 10.1 Å². The molecule has 0 saturated carbocycles. The van der Waals surface area contributed by atoms with Crippen molar-refractivity contribution < 1.29 is 49.0 Å². The minimum absolute atomic E-state index is 0.0430. The minimum Gasteiger partial charge on any atom is -0.428 e. The summed E-state index contributed by atoms with van der Waals surface area (Å²) in [7, 11) is 0. The van der Waals surface area contributed by atoms with Crippen molar-refractivity contribution in [2.24, 2.45) is 11.8 Å². The maximum atomic E-state index is 15.1. The summed E-state index contributed by atoms with van der Waals surface area (Å²) in [5.41, 5.74) is -3.56. The molecular formula is C33H28F9NO2. The lowest BCUT2D eigenvalue weighted by Crippen LogP contribution is -2.49.